The van der Waals surface area contributed by atoms with Gasteiger partial charge in [-0.25, -0.2) is 4.39 Å². The van der Waals surface area contributed by atoms with Gasteiger partial charge in [0, 0.05) is 24.6 Å². The van der Waals surface area contributed by atoms with Crippen LogP contribution in [0.25, 0.3) is 11.1 Å². The normalized spacial score (nSPS) is 31.3. The van der Waals surface area contributed by atoms with Gasteiger partial charge in [-0.15, -0.1) is 0 Å². The second kappa shape index (κ2) is 9.32. The topological polar surface area (TPSA) is 68.5 Å². The van der Waals surface area contributed by atoms with E-state index in [1.54, 1.807) is 0 Å². The van der Waals surface area contributed by atoms with Crippen molar-refractivity contribution in [2.75, 3.05) is 18.1 Å². The number of rotatable bonds is 9. The van der Waals surface area contributed by atoms with Gasteiger partial charge in [-0.05, 0) is 106 Å². The monoisotopic (exact) mass is 579 g/mol. The van der Waals surface area contributed by atoms with Crippen molar-refractivity contribution in [2.45, 2.75) is 88.6 Å². The summed E-state index contributed by atoms with van der Waals surface area (Å²) in [6.07, 6.45) is 5.72. The average molecular weight is 580 g/mol. The second-order valence-electron chi connectivity index (χ2n) is 13.5. The fourth-order valence-corrected chi connectivity index (χ4v) is 8.01. The first-order valence-corrected chi connectivity index (χ1v) is 15.0. The fraction of sp³-hybridized carbons (Fsp3) is 0.545. The summed E-state index contributed by atoms with van der Waals surface area (Å²) in [7, 11) is 0. The highest BCUT2D eigenvalue weighted by Gasteiger charge is 2.73. The Labute approximate surface area is 243 Å². The molecule has 4 bridgehead atoms. The third-order valence-corrected chi connectivity index (χ3v) is 10.5. The molecule has 6 fully saturated rings. The molecule has 42 heavy (non-hydrogen) atoms. The van der Waals surface area contributed by atoms with Gasteiger partial charge in [-0.2, -0.15) is 13.8 Å². The van der Waals surface area contributed by atoms with Crippen LogP contribution in [0.4, 0.5) is 18.9 Å². The Morgan fingerprint density at radius 2 is 1.67 bits per heavy atom. The number of amides is 1. The number of alkyl halides is 3. The minimum absolute atomic E-state index is 0.0237. The van der Waals surface area contributed by atoms with E-state index in [1.165, 1.54) is 0 Å². The molecule has 0 N–H and O–H groups in total. The van der Waals surface area contributed by atoms with Crippen LogP contribution < -0.4 is 9.64 Å². The molecule has 0 aliphatic heterocycles. The maximum atomic E-state index is 14.6. The van der Waals surface area contributed by atoms with Crippen LogP contribution in [0.5, 0.6) is 5.75 Å². The lowest BCUT2D eigenvalue weighted by molar-refractivity contribution is -0.211. The summed E-state index contributed by atoms with van der Waals surface area (Å²) in [6, 6.07) is 16.0. The Hall–Kier alpha value is -3.36. The van der Waals surface area contributed by atoms with Crippen LogP contribution >= 0.6 is 0 Å². The quantitative estimate of drug-likeness (QED) is 0.259. The van der Waals surface area contributed by atoms with Crippen LogP contribution in [0.15, 0.2) is 53.1 Å². The highest BCUT2D eigenvalue weighted by molar-refractivity contribution is 6.00. The van der Waals surface area contributed by atoms with Gasteiger partial charge in [0.1, 0.15) is 11.4 Å². The Morgan fingerprint density at radius 1 is 1.00 bits per heavy atom. The van der Waals surface area contributed by atoms with Crippen LogP contribution in [0, 0.1) is 10.8 Å². The van der Waals surface area contributed by atoms with E-state index in [9.17, 15) is 18.0 Å². The number of nitrogens with zero attached hydrogens (tertiary/aromatic N) is 3. The minimum Gasteiger partial charge on any atom is -0.494 e. The molecule has 2 aromatic carbocycles. The van der Waals surface area contributed by atoms with E-state index in [4.69, 9.17) is 9.26 Å². The Morgan fingerprint density at radius 3 is 2.24 bits per heavy atom. The van der Waals surface area contributed by atoms with Crippen molar-refractivity contribution in [3.63, 3.8) is 0 Å². The molecular weight excluding hydrogens is 543 g/mol. The summed E-state index contributed by atoms with van der Waals surface area (Å²) in [5, 5.41) is 3.98. The molecule has 0 saturated heterocycles. The lowest BCUT2D eigenvalue weighted by atomic mass is 9.41. The molecule has 0 radical (unpaired) electrons. The number of halogens is 3. The second-order valence-corrected chi connectivity index (χ2v) is 13.5. The number of ether oxygens (including phenoxy) is 1. The van der Waals surface area contributed by atoms with Gasteiger partial charge in [0.05, 0.1) is 12.0 Å². The highest BCUT2D eigenvalue weighted by atomic mass is 19.3. The first kappa shape index (κ1) is 27.5. The minimum atomic E-state index is -3.17. The maximum absolute atomic E-state index is 14.6. The fourth-order valence-electron chi connectivity index (χ4n) is 8.01. The number of benzene rings is 2. The molecule has 0 unspecified atom stereocenters. The van der Waals surface area contributed by atoms with Crippen molar-refractivity contribution < 1.29 is 27.2 Å². The molecule has 9 rings (SSSR count). The lowest BCUT2D eigenvalue weighted by Gasteiger charge is -2.65. The zero-order valence-corrected chi connectivity index (χ0v) is 24.1. The van der Waals surface area contributed by atoms with Gasteiger partial charge >= 0.3 is 5.92 Å². The number of carbonyl (C=O) groups excluding carboxylic acids is 1. The van der Waals surface area contributed by atoms with Crippen LogP contribution in [0.2, 0.25) is 0 Å². The third kappa shape index (κ3) is 4.42. The van der Waals surface area contributed by atoms with Gasteiger partial charge in [0.25, 0.3) is 5.89 Å². The van der Waals surface area contributed by atoms with Gasteiger partial charge < -0.3 is 14.2 Å². The van der Waals surface area contributed by atoms with Crippen molar-refractivity contribution in [2.24, 2.45) is 10.8 Å². The largest absolute Gasteiger partial charge is 0.494 e. The van der Waals surface area contributed by atoms with Crippen LogP contribution in [0.3, 0.4) is 0 Å². The molecule has 6 aliphatic carbocycles. The number of carbonyl (C=O) groups is 1. The molecule has 6 saturated carbocycles. The zero-order valence-electron chi connectivity index (χ0n) is 24.1. The lowest BCUT2D eigenvalue weighted by Crippen LogP contribution is -2.71. The average Bonchev–Trinajstić information content (AvgIpc) is 3.48. The number of aromatic nitrogens is 2. The predicted octanol–water partition coefficient (Wildman–Crippen LogP) is 7.76. The van der Waals surface area contributed by atoms with Gasteiger partial charge in [-0.3, -0.25) is 4.79 Å². The van der Waals surface area contributed by atoms with Crippen molar-refractivity contribution in [3.8, 4) is 16.9 Å². The summed E-state index contributed by atoms with van der Waals surface area (Å²) in [5.41, 5.74) is 0.608. The molecule has 3 aromatic rings. The van der Waals surface area contributed by atoms with Crippen molar-refractivity contribution in [1.29, 1.82) is 0 Å². The van der Waals surface area contributed by atoms with Crippen molar-refractivity contribution >= 4 is 11.6 Å². The summed E-state index contributed by atoms with van der Waals surface area (Å²) < 4.78 is 52.7. The molecule has 9 heteroatoms. The Bertz CT molecular complexity index is 1470. The number of anilines is 1. The summed E-state index contributed by atoms with van der Waals surface area (Å²) in [5.74, 6) is -2.60. The number of fused-ring (bicyclic) bond motifs is 3. The van der Waals surface area contributed by atoms with E-state index < -0.39 is 22.9 Å². The highest BCUT2D eigenvalue weighted by Crippen LogP contribution is 2.70. The molecule has 1 aromatic heterocycles. The van der Waals surface area contributed by atoms with Crippen LogP contribution in [0.1, 0.15) is 83.3 Å². The molecule has 1 amide bonds. The van der Waals surface area contributed by atoms with E-state index in [-0.39, 0.29) is 16.7 Å². The number of hydrogen-bond acceptors (Lipinski definition) is 5. The van der Waals surface area contributed by atoms with Gasteiger partial charge in [-0.1, -0.05) is 29.4 Å². The maximum Gasteiger partial charge on any atom is 0.322 e. The van der Waals surface area contributed by atoms with Crippen LogP contribution in [-0.4, -0.2) is 34.9 Å². The first-order chi connectivity index (χ1) is 20.0. The van der Waals surface area contributed by atoms with Gasteiger partial charge in [0.2, 0.25) is 5.91 Å². The molecular formula is C33H36F3N3O3. The van der Waals surface area contributed by atoms with E-state index >= 15 is 0 Å². The Balaban J connectivity index is 1.15. The summed E-state index contributed by atoms with van der Waals surface area (Å²) in [6.45, 7) is 3.87. The van der Waals surface area contributed by atoms with E-state index in [0.717, 1.165) is 68.0 Å². The van der Waals surface area contributed by atoms with Crippen LogP contribution in [-0.2, 0) is 16.1 Å². The predicted molar refractivity (Wildman–Crippen MR) is 151 cm³/mol. The summed E-state index contributed by atoms with van der Waals surface area (Å²) >= 11 is 0. The zero-order chi connectivity index (χ0) is 29.4. The number of hydrogen-bond donors (Lipinski definition) is 0. The molecule has 6 aliphatic rings. The van der Waals surface area contributed by atoms with Gasteiger partial charge in [0.15, 0.2) is 5.82 Å². The SMILES string of the molecule is CCOc1ccc(-c2cccc(N(CC34CCC(c5noc(C(C)(F)F)n5)(CC3)CC4)C(=O)C34CC(F)(C3)C4)c2)cc1. The molecule has 0 atom stereocenters. The van der Waals surface area contributed by atoms with E-state index in [0.29, 0.717) is 38.2 Å². The molecule has 0 spiro atoms. The van der Waals surface area contributed by atoms with Crippen molar-refractivity contribution in [1.82, 2.24) is 10.1 Å². The Kier molecular flexibility index (Phi) is 6.09. The molecule has 222 valence electrons. The molecule has 1 heterocycles. The standard InChI is InChI=1S/C33H36F3N3O3/c1-3-41-25-9-7-22(8-10-25)23-5-4-6-24(17-23)39(28(40)32-18-33(36,19-32)20-32)21-30-11-14-31(15-12-30,16-13-30)26-37-27(42-38-26)29(2,34)35/h4-10,17H,3,11-16,18-21H2,1-2H3. The van der Waals surface area contributed by atoms with E-state index in [1.807, 2.05) is 54.3 Å². The summed E-state index contributed by atoms with van der Waals surface area (Å²) in [4.78, 5) is 20.2. The third-order valence-electron chi connectivity index (χ3n) is 10.5. The van der Waals surface area contributed by atoms with Crippen molar-refractivity contribution in [3.05, 3.63) is 60.2 Å². The first-order valence-electron chi connectivity index (χ1n) is 15.0. The molecule has 6 nitrogen and oxygen atoms in total. The smallest absolute Gasteiger partial charge is 0.322 e. The van der Waals surface area contributed by atoms with E-state index in [2.05, 4.69) is 16.2 Å².